The van der Waals surface area contributed by atoms with Gasteiger partial charge < -0.3 is 5.32 Å². The van der Waals surface area contributed by atoms with E-state index < -0.39 is 26.9 Å². The Bertz CT molecular complexity index is 1140. The Balaban J connectivity index is 2.47. The van der Waals surface area contributed by atoms with Crippen molar-refractivity contribution in [3.05, 3.63) is 68.3 Å². The van der Waals surface area contributed by atoms with Gasteiger partial charge in [-0.2, -0.15) is 0 Å². The quantitative estimate of drug-likeness (QED) is 0.467. The number of non-ortho nitro benzene ring substituents is 1. The van der Waals surface area contributed by atoms with E-state index in [0.29, 0.717) is 5.56 Å². The topological polar surface area (TPSA) is 110 Å². The number of nitro groups is 1. The lowest BCUT2D eigenvalue weighted by Crippen LogP contribution is -2.50. The number of carbonyl (C=O) groups is 1. The number of aryl methyl sites for hydroxylation is 4. The molecule has 2 aromatic carbocycles. The van der Waals surface area contributed by atoms with Crippen LogP contribution in [0.3, 0.4) is 0 Å². The molecule has 0 aliphatic heterocycles. The van der Waals surface area contributed by atoms with E-state index >= 15 is 0 Å². The number of benzene rings is 2. The molecule has 1 N–H and O–H groups in total. The van der Waals surface area contributed by atoms with Crippen molar-refractivity contribution in [2.45, 2.75) is 60.0 Å². The Hall–Kier alpha value is -2.94. The average molecular weight is 462 g/mol. The SMILES string of the molecule is CC[C@@H](C(=O)N[C@H](C)c1cc(C)c(C)cc1C)N(c1cc([N+](=O)[O-])ccc1C)S(C)(=O)=O. The number of nitrogens with zero attached hydrogens (tertiary/aromatic N) is 2. The highest BCUT2D eigenvalue weighted by Gasteiger charge is 2.34. The van der Waals surface area contributed by atoms with Gasteiger partial charge in [0.15, 0.2) is 0 Å². The summed E-state index contributed by atoms with van der Waals surface area (Å²) >= 11 is 0. The third-order valence-corrected chi connectivity index (χ3v) is 6.84. The van der Waals surface area contributed by atoms with E-state index in [0.717, 1.165) is 32.8 Å². The number of carbonyl (C=O) groups excluding carboxylic acids is 1. The van der Waals surface area contributed by atoms with E-state index in [4.69, 9.17) is 0 Å². The van der Waals surface area contributed by atoms with Crippen molar-refractivity contribution in [3.63, 3.8) is 0 Å². The second-order valence-corrected chi connectivity index (χ2v) is 10.1. The molecule has 2 aromatic rings. The lowest BCUT2D eigenvalue weighted by atomic mass is 9.96. The number of hydrogen-bond acceptors (Lipinski definition) is 5. The van der Waals surface area contributed by atoms with E-state index in [1.165, 1.54) is 18.2 Å². The fourth-order valence-corrected chi connectivity index (χ4v) is 5.08. The summed E-state index contributed by atoms with van der Waals surface area (Å²) in [4.78, 5) is 23.9. The van der Waals surface area contributed by atoms with E-state index in [-0.39, 0.29) is 23.8 Å². The Morgan fingerprint density at radius 2 is 1.66 bits per heavy atom. The highest BCUT2D eigenvalue weighted by molar-refractivity contribution is 7.92. The molecule has 2 rings (SSSR count). The molecular formula is C23H31N3O5S. The summed E-state index contributed by atoms with van der Waals surface area (Å²) in [6.45, 7) is 11.2. The summed E-state index contributed by atoms with van der Waals surface area (Å²) < 4.78 is 26.5. The maximum absolute atomic E-state index is 13.3. The third kappa shape index (κ3) is 5.45. The number of nitro benzene ring substituents is 1. The highest BCUT2D eigenvalue weighted by Crippen LogP contribution is 2.30. The zero-order chi connectivity index (χ0) is 24.4. The summed E-state index contributed by atoms with van der Waals surface area (Å²) in [5.74, 6) is -0.464. The van der Waals surface area contributed by atoms with Crippen LogP contribution in [0.2, 0.25) is 0 Å². The number of hydrogen-bond donors (Lipinski definition) is 1. The van der Waals surface area contributed by atoms with Crippen molar-refractivity contribution in [1.29, 1.82) is 0 Å². The molecule has 0 fully saturated rings. The van der Waals surface area contributed by atoms with Crippen molar-refractivity contribution in [2.75, 3.05) is 10.6 Å². The van der Waals surface area contributed by atoms with Gasteiger partial charge in [-0.05, 0) is 68.9 Å². The van der Waals surface area contributed by atoms with E-state index in [2.05, 4.69) is 11.4 Å². The van der Waals surface area contributed by atoms with Crippen molar-refractivity contribution in [1.82, 2.24) is 5.32 Å². The normalized spacial score (nSPS) is 13.3. The monoisotopic (exact) mass is 461 g/mol. The molecule has 0 radical (unpaired) electrons. The van der Waals surface area contributed by atoms with E-state index in [9.17, 15) is 23.3 Å². The first-order valence-corrected chi connectivity index (χ1v) is 12.2. The lowest BCUT2D eigenvalue weighted by Gasteiger charge is -2.32. The summed E-state index contributed by atoms with van der Waals surface area (Å²) in [5, 5.41) is 14.2. The molecule has 0 bridgehead atoms. The van der Waals surface area contributed by atoms with Gasteiger partial charge in [-0.3, -0.25) is 19.2 Å². The lowest BCUT2D eigenvalue weighted by molar-refractivity contribution is -0.384. The second kappa shape index (κ2) is 9.68. The summed E-state index contributed by atoms with van der Waals surface area (Å²) in [6.07, 6.45) is 1.19. The van der Waals surface area contributed by atoms with Crippen LogP contribution in [-0.2, 0) is 14.8 Å². The highest BCUT2D eigenvalue weighted by atomic mass is 32.2. The van der Waals surface area contributed by atoms with Crippen molar-refractivity contribution in [3.8, 4) is 0 Å². The number of amides is 1. The summed E-state index contributed by atoms with van der Waals surface area (Å²) in [6, 6.07) is 6.67. The molecule has 174 valence electrons. The van der Waals surface area contributed by atoms with Crippen LogP contribution in [0.4, 0.5) is 11.4 Å². The Morgan fingerprint density at radius 3 is 2.19 bits per heavy atom. The summed E-state index contributed by atoms with van der Waals surface area (Å²) in [5.41, 5.74) is 4.64. The molecule has 0 heterocycles. The zero-order valence-electron chi connectivity index (χ0n) is 19.6. The fraction of sp³-hybridized carbons (Fsp3) is 0.435. The molecule has 32 heavy (non-hydrogen) atoms. The third-order valence-electron chi connectivity index (χ3n) is 5.68. The molecule has 1 amide bonds. The first-order valence-electron chi connectivity index (χ1n) is 10.4. The van der Waals surface area contributed by atoms with E-state index in [1.807, 2.05) is 33.8 Å². The van der Waals surface area contributed by atoms with E-state index in [1.54, 1.807) is 13.8 Å². The van der Waals surface area contributed by atoms with Crippen LogP contribution in [0.1, 0.15) is 54.1 Å². The predicted molar refractivity (Wildman–Crippen MR) is 126 cm³/mol. The van der Waals surface area contributed by atoms with Crippen molar-refractivity contribution in [2.24, 2.45) is 0 Å². The minimum atomic E-state index is -3.91. The molecule has 8 nitrogen and oxygen atoms in total. The molecule has 0 aliphatic rings. The first kappa shape index (κ1) is 25.3. The maximum Gasteiger partial charge on any atom is 0.271 e. The molecule has 9 heteroatoms. The molecule has 0 unspecified atom stereocenters. The van der Waals surface area contributed by atoms with Gasteiger partial charge in [0, 0.05) is 12.1 Å². The molecule has 2 atom stereocenters. The van der Waals surface area contributed by atoms with Crippen LogP contribution < -0.4 is 9.62 Å². The average Bonchev–Trinajstić information content (AvgIpc) is 2.68. The van der Waals surface area contributed by atoms with Gasteiger partial charge in [0.1, 0.15) is 6.04 Å². The maximum atomic E-state index is 13.3. The standard InChI is InChI=1S/C23H31N3O5S/c1-8-21(23(27)24-18(6)20-12-16(4)15(3)11-17(20)5)25(32(7,30)31)22-13-19(26(28)29)10-9-14(22)2/h9-13,18,21H,8H2,1-7H3,(H,24,27)/t18-,21+/m1/s1. The molecule has 0 aliphatic carbocycles. The van der Waals surface area contributed by atoms with Crippen LogP contribution in [0.15, 0.2) is 30.3 Å². The van der Waals surface area contributed by atoms with Gasteiger partial charge in [-0.1, -0.05) is 25.1 Å². The molecular weight excluding hydrogens is 430 g/mol. The Kier molecular flexibility index (Phi) is 7.66. The first-order chi connectivity index (χ1) is 14.8. The van der Waals surface area contributed by atoms with Crippen LogP contribution in [0.25, 0.3) is 0 Å². The van der Waals surface area contributed by atoms with Gasteiger partial charge >= 0.3 is 0 Å². The Labute approximate surface area is 189 Å². The van der Waals surface area contributed by atoms with Gasteiger partial charge in [0.2, 0.25) is 15.9 Å². The van der Waals surface area contributed by atoms with Gasteiger partial charge in [0.05, 0.1) is 22.9 Å². The second-order valence-electron chi connectivity index (χ2n) is 8.23. The fourth-order valence-electron chi connectivity index (χ4n) is 3.82. The minimum Gasteiger partial charge on any atom is -0.348 e. The molecule has 0 spiro atoms. The van der Waals surface area contributed by atoms with Crippen LogP contribution >= 0.6 is 0 Å². The van der Waals surface area contributed by atoms with Gasteiger partial charge in [0.25, 0.3) is 5.69 Å². The number of sulfonamides is 1. The summed E-state index contributed by atoms with van der Waals surface area (Å²) in [7, 11) is -3.91. The Morgan fingerprint density at radius 1 is 1.06 bits per heavy atom. The smallest absolute Gasteiger partial charge is 0.271 e. The van der Waals surface area contributed by atoms with Crippen molar-refractivity contribution < 1.29 is 18.1 Å². The largest absolute Gasteiger partial charge is 0.348 e. The number of anilines is 1. The van der Waals surface area contributed by atoms with Crippen molar-refractivity contribution >= 4 is 27.3 Å². The molecule has 0 aromatic heterocycles. The molecule has 0 saturated carbocycles. The minimum absolute atomic E-state index is 0.124. The predicted octanol–water partition coefficient (Wildman–Crippen LogP) is 4.25. The number of nitrogens with one attached hydrogen (secondary N) is 1. The van der Waals surface area contributed by atoms with Crippen LogP contribution in [0.5, 0.6) is 0 Å². The number of rotatable bonds is 8. The zero-order valence-corrected chi connectivity index (χ0v) is 20.4. The van der Waals surface area contributed by atoms with Crippen LogP contribution in [-0.4, -0.2) is 31.5 Å². The van der Waals surface area contributed by atoms with Gasteiger partial charge in [-0.25, -0.2) is 8.42 Å². The van der Waals surface area contributed by atoms with Crippen LogP contribution in [0, 0.1) is 37.8 Å². The van der Waals surface area contributed by atoms with Gasteiger partial charge in [-0.15, -0.1) is 0 Å². The molecule has 0 saturated heterocycles.